The highest BCUT2D eigenvalue weighted by Crippen LogP contribution is 2.28. The van der Waals surface area contributed by atoms with Crippen molar-refractivity contribution >= 4 is 5.91 Å². The fourth-order valence-electron chi connectivity index (χ4n) is 4.41. The van der Waals surface area contributed by atoms with Gasteiger partial charge in [-0.1, -0.05) is 43.3 Å². The van der Waals surface area contributed by atoms with Gasteiger partial charge in [0.1, 0.15) is 11.6 Å². The van der Waals surface area contributed by atoms with Crippen LogP contribution in [0.3, 0.4) is 0 Å². The summed E-state index contributed by atoms with van der Waals surface area (Å²) in [5, 5.41) is 7.23. The van der Waals surface area contributed by atoms with Crippen molar-refractivity contribution in [2.24, 2.45) is 5.92 Å². The lowest BCUT2D eigenvalue weighted by Gasteiger charge is -2.31. The van der Waals surface area contributed by atoms with Crippen LogP contribution >= 0.6 is 0 Å². The molecule has 1 fully saturated rings. The Balaban J connectivity index is 1.37. The summed E-state index contributed by atoms with van der Waals surface area (Å²) in [5.74, 6) is 1.63. The van der Waals surface area contributed by atoms with Gasteiger partial charge in [0, 0.05) is 12.1 Å². The molecule has 7 nitrogen and oxygen atoms in total. The summed E-state index contributed by atoms with van der Waals surface area (Å²) in [6.45, 7) is 5.99. The van der Waals surface area contributed by atoms with E-state index in [-0.39, 0.29) is 29.6 Å². The molecule has 0 aliphatic carbocycles. The lowest BCUT2D eigenvalue weighted by atomic mass is 9.95. The molecule has 8 heteroatoms. The highest BCUT2D eigenvalue weighted by atomic mass is 19.1. The number of carbonyl (C=O) groups excluding carboxylic acids is 1. The van der Waals surface area contributed by atoms with Crippen LogP contribution in [-0.2, 0) is 4.79 Å². The van der Waals surface area contributed by atoms with E-state index < -0.39 is 0 Å². The van der Waals surface area contributed by atoms with E-state index in [1.807, 2.05) is 24.3 Å². The first kappa shape index (κ1) is 23.9. The van der Waals surface area contributed by atoms with Crippen LogP contribution in [0.25, 0.3) is 11.4 Å². The number of halogens is 1. The maximum atomic E-state index is 13.5. The zero-order chi connectivity index (χ0) is 24.1. The quantitative estimate of drug-likeness (QED) is 0.524. The molecule has 34 heavy (non-hydrogen) atoms. The first-order valence-electron chi connectivity index (χ1n) is 11.7. The Morgan fingerprint density at radius 1 is 1.26 bits per heavy atom. The third-order valence-corrected chi connectivity index (χ3v) is 6.20. The molecule has 1 aliphatic heterocycles. The lowest BCUT2D eigenvalue weighted by molar-refractivity contribution is -0.123. The number of likely N-dealkylation sites (tertiary alicyclic amines) is 1. The molecule has 3 aromatic rings. The van der Waals surface area contributed by atoms with Crippen molar-refractivity contribution in [2.45, 2.75) is 38.6 Å². The van der Waals surface area contributed by atoms with Gasteiger partial charge < -0.3 is 14.6 Å². The first-order chi connectivity index (χ1) is 16.4. The molecular weight excluding hydrogens is 435 g/mol. The van der Waals surface area contributed by atoms with Crippen LogP contribution in [0, 0.1) is 11.7 Å². The van der Waals surface area contributed by atoms with Crippen LogP contribution in [0.1, 0.15) is 50.1 Å². The number of methoxy groups -OCH3 is 1. The Hall–Kier alpha value is -3.26. The number of amides is 1. The Morgan fingerprint density at radius 3 is 2.76 bits per heavy atom. The third kappa shape index (κ3) is 5.80. The number of ether oxygens (including phenoxy) is 1. The zero-order valence-corrected chi connectivity index (χ0v) is 19.8. The van der Waals surface area contributed by atoms with Gasteiger partial charge in [-0.15, -0.1) is 0 Å². The molecule has 0 radical (unpaired) electrons. The van der Waals surface area contributed by atoms with Crippen LogP contribution in [0.15, 0.2) is 53.1 Å². The summed E-state index contributed by atoms with van der Waals surface area (Å²) in [6.07, 6.45) is 1.84. The zero-order valence-electron chi connectivity index (χ0n) is 19.8. The molecule has 2 heterocycles. The topological polar surface area (TPSA) is 80.5 Å². The summed E-state index contributed by atoms with van der Waals surface area (Å²) in [4.78, 5) is 19.6. The Morgan fingerprint density at radius 2 is 2.06 bits per heavy atom. The summed E-state index contributed by atoms with van der Waals surface area (Å²) < 4.78 is 24.3. The summed E-state index contributed by atoms with van der Waals surface area (Å²) in [5.41, 5.74) is 1.64. The monoisotopic (exact) mass is 466 g/mol. The van der Waals surface area contributed by atoms with E-state index in [1.54, 1.807) is 19.2 Å². The van der Waals surface area contributed by atoms with Gasteiger partial charge in [0.25, 0.3) is 0 Å². The molecule has 1 amide bonds. The minimum absolute atomic E-state index is 0.0128. The maximum absolute atomic E-state index is 13.5. The van der Waals surface area contributed by atoms with E-state index in [9.17, 15) is 9.18 Å². The van der Waals surface area contributed by atoms with Crippen molar-refractivity contribution in [3.8, 4) is 17.1 Å². The number of piperidine rings is 1. The summed E-state index contributed by atoms with van der Waals surface area (Å²) >= 11 is 0. The largest absolute Gasteiger partial charge is 0.497 e. The van der Waals surface area contributed by atoms with E-state index in [2.05, 4.69) is 34.2 Å². The second-order valence-corrected chi connectivity index (χ2v) is 9.10. The lowest BCUT2D eigenvalue weighted by Crippen LogP contribution is -2.43. The molecule has 1 N–H and O–H groups in total. The number of rotatable bonds is 8. The van der Waals surface area contributed by atoms with Crippen molar-refractivity contribution in [2.75, 3.05) is 26.7 Å². The van der Waals surface area contributed by atoms with Gasteiger partial charge in [0.05, 0.1) is 25.6 Å². The smallest absolute Gasteiger partial charge is 0.234 e. The van der Waals surface area contributed by atoms with E-state index in [1.165, 1.54) is 12.1 Å². The van der Waals surface area contributed by atoms with Gasteiger partial charge in [0.2, 0.25) is 17.6 Å². The fraction of sp³-hybridized carbons (Fsp3) is 0.423. The standard InChI is InChI=1S/C26H31FN4O3/c1-17(2)24(18-9-11-22(33-3)12-10-18)28-23(32)16-31-13-5-7-20(15-31)26-29-25(30-34-26)19-6-4-8-21(27)14-19/h4,6,8-12,14,17,20,24H,5,7,13,15-16H2,1-3H3,(H,28,32). The van der Waals surface area contributed by atoms with Crippen molar-refractivity contribution in [3.05, 3.63) is 65.8 Å². The number of benzene rings is 2. The van der Waals surface area contributed by atoms with Crippen LogP contribution in [0.2, 0.25) is 0 Å². The molecule has 2 unspecified atom stereocenters. The number of hydrogen-bond donors (Lipinski definition) is 1. The minimum Gasteiger partial charge on any atom is -0.497 e. The van der Waals surface area contributed by atoms with Crippen molar-refractivity contribution < 1.29 is 18.4 Å². The van der Waals surface area contributed by atoms with Crippen LogP contribution < -0.4 is 10.1 Å². The number of hydrogen-bond acceptors (Lipinski definition) is 6. The van der Waals surface area contributed by atoms with Gasteiger partial charge >= 0.3 is 0 Å². The molecule has 0 saturated carbocycles. The van der Waals surface area contributed by atoms with Crippen molar-refractivity contribution in [1.82, 2.24) is 20.4 Å². The highest BCUT2D eigenvalue weighted by molar-refractivity contribution is 5.78. The number of nitrogens with zero attached hydrogens (tertiary/aromatic N) is 3. The maximum Gasteiger partial charge on any atom is 0.234 e. The second kappa shape index (κ2) is 10.8. The Labute approximate surface area is 199 Å². The summed E-state index contributed by atoms with van der Waals surface area (Å²) in [6, 6.07) is 13.9. The normalized spacial score (nSPS) is 17.5. The van der Waals surface area contributed by atoms with Gasteiger partial charge in [-0.25, -0.2) is 4.39 Å². The van der Waals surface area contributed by atoms with Gasteiger partial charge in [-0.3, -0.25) is 9.69 Å². The molecule has 4 rings (SSSR count). The number of aromatic nitrogens is 2. The first-order valence-corrected chi connectivity index (χ1v) is 11.7. The minimum atomic E-state index is -0.340. The number of carbonyl (C=O) groups is 1. The molecule has 0 bridgehead atoms. The van der Waals surface area contributed by atoms with Crippen molar-refractivity contribution in [3.63, 3.8) is 0 Å². The van der Waals surface area contributed by atoms with Gasteiger partial charge in [-0.2, -0.15) is 4.98 Å². The Bertz CT molecular complexity index is 1100. The van der Waals surface area contributed by atoms with Crippen LogP contribution in [0.4, 0.5) is 4.39 Å². The fourth-order valence-corrected chi connectivity index (χ4v) is 4.41. The SMILES string of the molecule is COc1ccc(C(NC(=O)CN2CCCC(c3nc(-c4cccc(F)c4)no3)C2)C(C)C)cc1. The van der Waals surface area contributed by atoms with Crippen molar-refractivity contribution in [1.29, 1.82) is 0 Å². The van der Waals surface area contributed by atoms with Crippen LogP contribution in [-0.4, -0.2) is 47.7 Å². The van der Waals surface area contributed by atoms with Gasteiger partial charge in [-0.05, 0) is 55.1 Å². The molecule has 0 spiro atoms. The van der Waals surface area contributed by atoms with E-state index in [0.29, 0.717) is 30.4 Å². The Kier molecular flexibility index (Phi) is 7.57. The van der Waals surface area contributed by atoms with E-state index in [4.69, 9.17) is 9.26 Å². The van der Waals surface area contributed by atoms with E-state index >= 15 is 0 Å². The molecule has 180 valence electrons. The molecule has 1 aliphatic rings. The predicted molar refractivity (Wildman–Crippen MR) is 127 cm³/mol. The molecule has 2 atom stereocenters. The molecule has 1 aromatic heterocycles. The average Bonchev–Trinajstić information content (AvgIpc) is 3.33. The summed E-state index contributed by atoms with van der Waals surface area (Å²) in [7, 11) is 1.64. The third-order valence-electron chi connectivity index (χ3n) is 6.20. The molecular formula is C26H31FN4O3. The molecule has 2 aromatic carbocycles. The van der Waals surface area contributed by atoms with Crippen LogP contribution in [0.5, 0.6) is 5.75 Å². The second-order valence-electron chi connectivity index (χ2n) is 9.10. The van der Waals surface area contributed by atoms with Gasteiger partial charge in [0.15, 0.2) is 0 Å². The van der Waals surface area contributed by atoms with E-state index in [0.717, 1.165) is 30.7 Å². The average molecular weight is 467 g/mol. The predicted octanol–water partition coefficient (Wildman–Crippen LogP) is 4.58. The molecule has 1 saturated heterocycles. The number of nitrogens with one attached hydrogen (secondary N) is 1. The highest BCUT2D eigenvalue weighted by Gasteiger charge is 2.28.